The SMILES string of the molecule is O=C1CCOC(c2ccc(F)cc2F)C1. The summed E-state index contributed by atoms with van der Waals surface area (Å²) in [4.78, 5) is 11.1. The quantitative estimate of drug-likeness (QED) is 0.714. The number of carbonyl (C=O) groups is 1. The number of rotatable bonds is 1. The molecule has 0 saturated carbocycles. The average Bonchev–Trinajstić information content (AvgIpc) is 2.17. The third kappa shape index (κ3) is 2.21. The fraction of sp³-hybridized carbons (Fsp3) is 0.364. The summed E-state index contributed by atoms with van der Waals surface area (Å²) in [5, 5.41) is 0. The Kier molecular flexibility index (Phi) is 2.77. The van der Waals surface area contributed by atoms with Crippen LogP contribution in [0.2, 0.25) is 0 Å². The van der Waals surface area contributed by atoms with E-state index >= 15 is 0 Å². The second-order valence-corrected chi connectivity index (χ2v) is 3.52. The molecule has 0 N–H and O–H groups in total. The molecule has 1 atom stereocenters. The van der Waals surface area contributed by atoms with Crippen LogP contribution in [0.5, 0.6) is 0 Å². The van der Waals surface area contributed by atoms with Crippen LogP contribution < -0.4 is 0 Å². The lowest BCUT2D eigenvalue weighted by molar-refractivity contribution is -0.128. The summed E-state index contributed by atoms with van der Waals surface area (Å²) in [6.45, 7) is 0.306. The van der Waals surface area contributed by atoms with Crippen molar-refractivity contribution in [2.45, 2.75) is 18.9 Å². The van der Waals surface area contributed by atoms with Gasteiger partial charge in [-0.05, 0) is 6.07 Å². The van der Waals surface area contributed by atoms with Crippen molar-refractivity contribution in [2.75, 3.05) is 6.61 Å². The van der Waals surface area contributed by atoms with Crippen LogP contribution in [0.25, 0.3) is 0 Å². The van der Waals surface area contributed by atoms with Crippen LogP contribution in [-0.4, -0.2) is 12.4 Å². The van der Waals surface area contributed by atoms with E-state index < -0.39 is 17.7 Å². The fourth-order valence-electron chi connectivity index (χ4n) is 1.65. The molecule has 1 fully saturated rings. The zero-order chi connectivity index (χ0) is 10.8. The molecule has 15 heavy (non-hydrogen) atoms. The normalized spacial score (nSPS) is 21.7. The lowest BCUT2D eigenvalue weighted by Crippen LogP contribution is -2.20. The molecule has 0 spiro atoms. The predicted molar refractivity (Wildman–Crippen MR) is 49.3 cm³/mol. The van der Waals surface area contributed by atoms with Crippen LogP contribution in [0, 0.1) is 11.6 Å². The third-order valence-electron chi connectivity index (χ3n) is 2.42. The molecule has 4 heteroatoms. The molecule has 1 heterocycles. The Morgan fingerprint density at radius 3 is 2.80 bits per heavy atom. The van der Waals surface area contributed by atoms with Gasteiger partial charge < -0.3 is 4.74 Å². The van der Waals surface area contributed by atoms with Crippen LogP contribution in [0.3, 0.4) is 0 Å². The first-order chi connectivity index (χ1) is 7.16. The van der Waals surface area contributed by atoms with Crippen molar-refractivity contribution in [2.24, 2.45) is 0 Å². The lowest BCUT2D eigenvalue weighted by Gasteiger charge is -2.22. The highest BCUT2D eigenvalue weighted by Gasteiger charge is 2.24. The van der Waals surface area contributed by atoms with Crippen molar-refractivity contribution in [3.8, 4) is 0 Å². The van der Waals surface area contributed by atoms with Crippen molar-refractivity contribution in [1.82, 2.24) is 0 Å². The van der Waals surface area contributed by atoms with Crippen molar-refractivity contribution >= 4 is 5.78 Å². The predicted octanol–water partition coefficient (Wildman–Crippen LogP) is 2.39. The molecule has 1 aliphatic rings. The molecule has 0 bridgehead atoms. The molecule has 80 valence electrons. The number of hydrogen-bond acceptors (Lipinski definition) is 2. The molecule has 0 aliphatic carbocycles. The van der Waals surface area contributed by atoms with Crippen LogP contribution in [0.1, 0.15) is 24.5 Å². The minimum Gasteiger partial charge on any atom is -0.372 e. The minimum atomic E-state index is -0.658. The van der Waals surface area contributed by atoms with Gasteiger partial charge in [0.05, 0.1) is 12.7 Å². The maximum Gasteiger partial charge on any atom is 0.138 e. The molecule has 1 saturated heterocycles. The summed E-state index contributed by atoms with van der Waals surface area (Å²) in [6.07, 6.45) is -0.0196. The van der Waals surface area contributed by atoms with Crippen LogP contribution >= 0.6 is 0 Å². The topological polar surface area (TPSA) is 26.3 Å². The molecule has 2 rings (SSSR count). The summed E-state index contributed by atoms with van der Waals surface area (Å²) in [7, 11) is 0. The van der Waals surface area contributed by atoms with E-state index in [-0.39, 0.29) is 17.8 Å². The summed E-state index contributed by atoms with van der Waals surface area (Å²) in [5.41, 5.74) is 0.254. The van der Waals surface area contributed by atoms with Gasteiger partial charge in [-0.25, -0.2) is 8.78 Å². The number of Topliss-reactive ketones (excluding diaryl/α,β-unsaturated/α-hetero) is 1. The highest BCUT2D eigenvalue weighted by atomic mass is 19.1. The smallest absolute Gasteiger partial charge is 0.138 e. The van der Waals surface area contributed by atoms with Crippen LogP contribution in [0.15, 0.2) is 18.2 Å². The zero-order valence-corrected chi connectivity index (χ0v) is 8.00. The van der Waals surface area contributed by atoms with E-state index in [1.807, 2.05) is 0 Å². The zero-order valence-electron chi connectivity index (χ0n) is 8.00. The van der Waals surface area contributed by atoms with E-state index in [2.05, 4.69) is 0 Å². The largest absolute Gasteiger partial charge is 0.372 e. The average molecular weight is 212 g/mol. The highest BCUT2D eigenvalue weighted by molar-refractivity contribution is 5.79. The Hall–Kier alpha value is -1.29. The van der Waals surface area contributed by atoms with Gasteiger partial charge in [0.25, 0.3) is 0 Å². The highest BCUT2D eigenvalue weighted by Crippen LogP contribution is 2.28. The first-order valence-corrected chi connectivity index (χ1v) is 4.75. The van der Waals surface area contributed by atoms with Crippen molar-refractivity contribution in [1.29, 1.82) is 0 Å². The van der Waals surface area contributed by atoms with Gasteiger partial charge in [-0.3, -0.25) is 4.79 Å². The number of halogens is 2. The van der Waals surface area contributed by atoms with Gasteiger partial charge in [-0.15, -0.1) is 0 Å². The van der Waals surface area contributed by atoms with Gasteiger partial charge in [0, 0.05) is 24.5 Å². The van der Waals surface area contributed by atoms with Gasteiger partial charge in [0.2, 0.25) is 0 Å². The maximum absolute atomic E-state index is 13.3. The Labute approximate surface area is 85.9 Å². The van der Waals surface area contributed by atoms with E-state index in [1.165, 1.54) is 12.1 Å². The van der Waals surface area contributed by atoms with Crippen molar-refractivity contribution < 1.29 is 18.3 Å². The number of ether oxygens (including phenoxy) is 1. The van der Waals surface area contributed by atoms with E-state index in [9.17, 15) is 13.6 Å². The van der Waals surface area contributed by atoms with Gasteiger partial charge >= 0.3 is 0 Å². The molecule has 0 radical (unpaired) electrons. The van der Waals surface area contributed by atoms with E-state index in [0.717, 1.165) is 6.07 Å². The van der Waals surface area contributed by atoms with Gasteiger partial charge in [-0.1, -0.05) is 6.07 Å². The molecule has 1 aromatic carbocycles. The van der Waals surface area contributed by atoms with Crippen molar-refractivity contribution in [3.63, 3.8) is 0 Å². The second-order valence-electron chi connectivity index (χ2n) is 3.52. The minimum absolute atomic E-state index is 0.0509. The maximum atomic E-state index is 13.3. The van der Waals surface area contributed by atoms with Crippen LogP contribution in [0.4, 0.5) is 8.78 Å². The number of hydrogen-bond donors (Lipinski definition) is 0. The third-order valence-corrected chi connectivity index (χ3v) is 2.42. The molecule has 2 nitrogen and oxygen atoms in total. The Morgan fingerprint density at radius 2 is 2.13 bits per heavy atom. The molecule has 1 aliphatic heterocycles. The van der Waals surface area contributed by atoms with E-state index in [0.29, 0.717) is 13.0 Å². The molecule has 1 aromatic rings. The Morgan fingerprint density at radius 1 is 1.33 bits per heavy atom. The molecular formula is C11H10F2O2. The molecule has 1 unspecified atom stereocenters. The first-order valence-electron chi connectivity index (χ1n) is 4.75. The second kappa shape index (κ2) is 4.06. The monoisotopic (exact) mass is 212 g/mol. The standard InChI is InChI=1S/C11H10F2O2/c12-7-1-2-9(10(13)5-7)11-6-8(14)3-4-15-11/h1-2,5,11H,3-4,6H2. The lowest BCUT2D eigenvalue weighted by atomic mass is 10.00. The summed E-state index contributed by atoms with van der Waals surface area (Å²) >= 11 is 0. The fourth-order valence-corrected chi connectivity index (χ4v) is 1.65. The summed E-state index contributed by atoms with van der Waals surface area (Å²) in [5.74, 6) is -1.23. The van der Waals surface area contributed by atoms with Gasteiger partial charge in [0.15, 0.2) is 0 Å². The molecule has 0 aromatic heterocycles. The van der Waals surface area contributed by atoms with Crippen molar-refractivity contribution in [3.05, 3.63) is 35.4 Å². The number of ketones is 1. The molecule has 0 amide bonds. The Balaban J connectivity index is 2.24. The van der Waals surface area contributed by atoms with E-state index in [1.54, 1.807) is 0 Å². The van der Waals surface area contributed by atoms with Gasteiger partial charge in [-0.2, -0.15) is 0 Å². The first kappa shape index (κ1) is 10.2. The number of carbonyl (C=O) groups excluding carboxylic acids is 1. The van der Waals surface area contributed by atoms with E-state index in [4.69, 9.17) is 4.74 Å². The Bertz CT molecular complexity index is 390. The molecular weight excluding hydrogens is 202 g/mol. The number of benzene rings is 1. The summed E-state index contributed by atoms with van der Waals surface area (Å²) < 4.78 is 31.2. The van der Waals surface area contributed by atoms with Gasteiger partial charge in [0.1, 0.15) is 17.4 Å². The van der Waals surface area contributed by atoms with Crippen LogP contribution in [-0.2, 0) is 9.53 Å². The summed E-state index contributed by atoms with van der Waals surface area (Å²) in [6, 6.07) is 3.30.